The first-order chi connectivity index (χ1) is 9.39. The molecule has 0 fully saturated rings. The van der Waals surface area contributed by atoms with Gasteiger partial charge in [-0.3, -0.25) is 0 Å². The molecule has 0 spiro atoms. The Morgan fingerprint density at radius 3 is 2.40 bits per heavy atom. The van der Waals surface area contributed by atoms with E-state index in [0.29, 0.717) is 13.1 Å². The molecule has 0 aliphatic carbocycles. The lowest BCUT2D eigenvalue weighted by Gasteiger charge is -2.26. The van der Waals surface area contributed by atoms with Gasteiger partial charge in [-0.2, -0.15) is 0 Å². The molecule has 0 saturated heterocycles. The van der Waals surface area contributed by atoms with Gasteiger partial charge in [0.15, 0.2) is 0 Å². The summed E-state index contributed by atoms with van der Waals surface area (Å²) in [6.45, 7) is 7.07. The van der Waals surface area contributed by atoms with Crippen LogP contribution in [0.2, 0.25) is 0 Å². The maximum Gasteiger partial charge on any atom is 0.410 e. The number of carbonyl (C=O) groups excluding carboxylic acids is 1. The van der Waals surface area contributed by atoms with Gasteiger partial charge in [-0.05, 0) is 56.9 Å². The van der Waals surface area contributed by atoms with Crippen LogP contribution >= 0.6 is 0 Å². The second kappa shape index (κ2) is 5.73. The van der Waals surface area contributed by atoms with E-state index in [-0.39, 0.29) is 6.09 Å². The molecule has 4 nitrogen and oxygen atoms in total. The lowest BCUT2D eigenvalue weighted by Crippen LogP contribution is -2.38. The predicted molar refractivity (Wildman–Crippen MR) is 78.2 cm³/mol. The van der Waals surface area contributed by atoms with Crippen molar-refractivity contribution in [1.82, 2.24) is 4.90 Å². The number of rotatable bonds is 1. The minimum absolute atomic E-state index is 0.225. The van der Waals surface area contributed by atoms with E-state index in [4.69, 9.17) is 9.47 Å². The quantitative estimate of drug-likeness (QED) is 0.792. The van der Waals surface area contributed by atoms with Crippen molar-refractivity contribution >= 4 is 6.09 Å². The molecule has 1 heterocycles. The summed E-state index contributed by atoms with van der Waals surface area (Å²) >= 11 is 0. The minimum Gasteiger partial charge on any atom is -0.497 e. The van der Waals surface area contributed by atoms with E-state index in [9.17, 15) is 4.79 Å². The Morgan fingerprint density at radius 2 is 1.80 bits per heavy atom. The van der Waals surface area contributed by atoms with Crippen molar-refractivity contribution in [3.05, 3.63) is 29.3 Å². The number of nitrogens with zero attached hydrogens (tertiary/aromatic N) is 1. The van der Waals surface area contributed by atoms with Crippen LogP contribution in [0.25, 0.3) is 0 Å². The van der Waals surface area contributed by atoms with E-state index in [0.717, 1.165) is 18.6 Å². The van der Waals surface area contributed by atoms with E-state index >= 15 is 0 Å². The smallest absolute Gasteiger partial charge is 0.410 e. The molecule has 1 aromatic rings. The highest BCUT2D eigenvalue weighted by Crippen LogP contribution is 2.22. The number of hydrogen-bond donors (Lipinski definition) is 0. The van der Waals surface area contributed by atoms with Gasteiger partial charge < -0.3 is 14.4 Å². The first-order valence-electron chi connectivity index (χ1n) is 7.03. The first kappa shape index (κ1) is 14.7. The maximum atomic E-state index is 12.1. The molecule has 0 aromatic heterocycles. The zero-order valence-electron chi connectivity index (χ0n) is 12.7. The Kier molecular flexibility index (Phi) is 4.21. The monoisotopic (exact) mass is 277 g/mol. The summed E-state index contributed by atoms with van der Waals surface area (Å²) in [5.41, 5.74) is 2.10. The van der Waals surface area contributed by atoms with Crippen molar-refractivity contribution in [2.45, 2.75) is 39.2 Å². The van der Waals surface area contributed by atoms with Gasteiger partial charge in [0.1, 0.15) is 11.4 Å². The van der Waals surface area contributed by atoms with Gasteiger partial charge in [0.25, 0.3) is 0 Å². The topological polar surface area (TPSA) is 38.8 Å². The second-order valence-electron chi connectivity index (χ2n) is 6.10. The van der Waals surface area contributed by atoms with Gasteiger partial charge in [-0.1, -0.05) is 6.07 Å². The summed E-state index contributed by atoms with van der Waals surface area (Å²) in [5, 5.41) is 0. The van der Waals surface area contributed by atoms with Crippen LogP contribution in [-0.4, -0.2) is 36.8 Å². The van der Waals surface area contributed by atoms with Gasteiger partial charge >= 0.3 is 6.09 Å². The van der Waals surface area contributed by atoms with Crippen LogP contribution in [0, 0.1) is 0 Å². The summed E-state index contributed by atoms with van der Waals surface area (Å²) in [5.74, 6) is 0.870. The van der Waals surface area contributed by atoms with Gasteiger partial charge in [0.2, 0.25) is 0 Å². The van der Waals surface area contributed by atoms with Crippen molar-refractivity contribution in [3.8, 4) is 5.75 Å². The maximum absolute atomic E-state index is 12.1. The average Bonchev–Trinajstić information content (AvgIpc) is 2.58. The number of fused-ring (bicyclic) bond motifs is 1. The standard InChI is InChI=1S/C16H23NO3/c1-16(2,3)20-15(18)17-9-7-12-5-6-14(19-4)11-13(12)8-10-17/h5-6,11H,7-10H2,1-4H3. The van der Waals surface area contributed by atoms with Gasteiger partial charge in [0, 0.05) is 13.1 Å². The normalized spacial score (nSPS) is 15.3. The summed E-state index contributed by atoms with van der Waals surface area (Å²) < 4.78 is 10.7. The Labute approximate surface area is 120 Å². The van der Waals surface area contributed by atoms with Crippen molar-refractivity contribution in [2.75, 3.05) is 20.2 Å². The third-order valence-corrected chi connectivity index (χ3v) is 3.37. The molecule has 0 bridgehead atoms. The van der Waals surface area contributed by atoms with Crippen LogP contribution in [0.15, 0.2) is 18.2 Å². The number of hydrogen-bond acceptors (Lipinski definition) is 3. The summed E-state index contributed by atoms with van der Waals surface area (Å²) in [6.07, 6.45) is 1.47. The molecule has 1 aliphatic rings. The van der Waals surface area contributed by atoms with Crippen LogP contribution in [-0.2, 0) is 17.6 Å². The third-order valence-electron chi connectivity index (χ3n) is 3.37. The molecule has 110 valence electrons. The highest BCUT2D eigenvalue weighted by molar-refractivity contribution is 5.68. The molecular formula is C16H23NO3. The highest BCUT2D eigenvalue weighted by atomic mass is 16.6. The van der Waals surface area contributed by atoms with Gasteiger partial charge in [0.05, 0.1) is 7.11 Å². The van der Waals surface area contributed by atoms with E-state index in [1.165, 1.54) is 11.1 Å². The number of methoxy groups -OCH3 is 1. The van der Waals surface area contributed by atoms with Crippen LogP contribution in [0.1, 0.15) is 31.9 Å². The second-order valence-corrected chi connectivity index (χ2v) is 6.10. The average molecular weight is 277 g/mol. The molecule has 1 aliphatic heterocycles. The molecule has 0 unspecified atom stereocenters. The fourth-order valence-electron chi connectivity index (χ4n) is 2.34. The van der Waals surface area contributed by atoms with Crippen LogP contribution < -0.4 is 4.74 Å². The van der Waals surface area contributed by atoms with E-state index < -0.39 is 5.60 Å². The Bertz CT molecular complexity index is 491. The van der Waals surface area contributed by atoms with Crippen molar-refractivity contribution in [1.29, 1.82) is 0 Å². The highest BCUT2D eigenvalue weighted by Gasteiger charge is 2.24. The zero-order chi connectivity index (χ0) is 14.8. The fourth-order valence-corrected chi connectivity index (χ4v) is 2.34. The molecule has 4 heteroatoms. The van der Waals surface area contributed by atoms with Crippen LogP contribution in [0.4, 0.5) is 4.79 Å². The van der Waals surface area contributed by atoms with Crippen molar-refractivity contribution in [3.63, 3.8) is 0 Å². The number of amides is 1. The van der Waals surface area contributed by atoms with Crippen molar-refractivity contribution < 1.29 is 14.3 Å². The SMILES string of the molecule is COc1ccc2c(c1)CCN(C(=O)OC(C)(C)C)CC2. The number of benzene rings is 1. The molecular weight excluding hydrogens is 254 g/mol. The van der Waals surface area contributed by atoms with E-state index in [1.807, 2.05) is 26.8 Å². The fraction of sp³-hybridized carbons (Fsp3) is 0.562. The Morgan fingerprint density at radius 1 is 1.15 bits per heavy atom. The summed E-state index contributed by atoms with van der Waals surface area (Å²) in [7, 11) is 1.67. The molecule has 0 N–H and O–H groups in total. The molecule has 1 amide bonds. The minimum atomic E-state index is -0.445. The summed E-state index contributed by atoms with van der Waals surface area (Å²) in [4.78, 5) is 13.9. The lowest BCUT2D eigenvalue weighted by molar-refractivity contribution is 0.0258. The van der Waals surface area contributed by atoms with Crippen LogP contribution in [0.5, 0.6) is 5.75 Å². The molecule has 0 atom stereocenters. The number of ether oxygens (including phenoxy) is 2. The van der Waals surface area contributed by atoms with Gasteiger partial charge in [-0.25, -0.2) is 4.79 Å². The van der Waals surface area contributed by atoms with E-state index in [1.54, 1.807) is 12.0 Å². The number of carbonyl (C=O) groups is 1. The molecule has 20 heavy (non-hydrogen) atoms. The largest absolute Gasteiger partial charge is 0.497 e. The predicted octanol–water partition coefficient (Wildman–Crippen LogP) is 3.03. The lowest BCUT2D eigenvalue weighted by atomic mass is 10.0. The summed E-state index contributed by atoms with van der Waals surface area (Å²) in [6, 6.07) is 6.13. The van der Waals surface area contributed by atoms with Crippen molar-refractivity contribution in [2.24, 2.45) is 0 Å². The molecule has 0 saturated carbocycles. The molecule has 0 radical (unpaired) electrons. The molecule has 1 aromatic carbocycles. The van der Waals surface area contributed by atoms with Gasteiger partial charge in [-0.15, -0.1) is 0 Å². The molecule has 2 rings (SSSR count). The Balaban J connectivity index is 2.06. The van der Waals surface area contributed by atoms with E-state index in [2.05, 4.69) is 12.1 Å². The zero-order valence-corrected chi connectivity index (χ0v) is 12.7. The first-order valence-corrected chi connectivity index (χ1v) is 7.03. The van der Waals surface area contributed by atoms with Crippen LogP contribution in [0.3, 0.4) is 0 Å². The third kappa shape index (κ3) is 3.65. The Hall–Kier alpha value is -1.71.